The standard InChI is InChI=1S/C24H22F2N2O4/c1-15(18-8-4-6-16-5-2-3-7-19(16)18)28-22(29)14-32-23(30)11-12-27-24(31)20-10-9-17(25)13-21(20)26/h2-10,13,15H,11-12,14H2,1H3,(H,27,31)(H,28,29). The van der Waals surface area contributed by atoms with Crippen molar-refractivity contribution >= 4 is 28.6 Å². The Bertz CT molecular complexity index is 1140. The lowest BCUT2D eigenvalue weighted by Gasteiger charge is -2.16. The summed E-state index contributed by atoms with van der Waals surface area (Å²) in [6, 6.07) is 15.9. The maximum absolute atomic E-state index is 13.6. The molecule has 32 heavy (non-hydrogen) atoms. The van der Waals surface area contributed by atoms with Gasteiger partial charge in [0.15, 0.2) is 6.61 Å². The molecule has 8 heteroatoms. The number of ether oxygens (including phenoxy) is 1. The largest absolute Gasteiger partial charge is 0.456 e. The summed E-state index contributed by atoms with van der Waals surface area (Å²) in [7, 11) is 0. The van der Waals surface area contributed by atoms with Crippen molar-refractivity contribution in [2.24, 2.45) is 0 Å². The first kappa shape index (κ1) is 22.9. The third-order valence-corrected chi connectivity index (χ3v) is 4.82. The van der Waals surface area contributed by atoms with Gasteiger partial charge in [0.05, 0.1) is 18.0 Å². The highest BCUT2D eigenvalue weighted by Crippen LogP contribution is 2.23. The Labute approximate surface area is 183 Å². The number of carbonyl (C=O) groups is 3. The summed E-state index contributed by atoms with van der Waals surface area (Å²) < 4.78 is 31.4. The average molecular weight is 440 g/mol. The van der Waals surface area contributed by atoms with Gasteiger partial charge in [0.2, 0.25) is 0 Å². The van der Waals surface area contributed by atoms with Crippen LogP contribution in [0.4, 0.5) is 8.78 Å². The van der Waals surface area contributed by atoms with E-state index < -0.39 is 36.0 Å². The molecule has 0 bridgehead atoms. The highest BCUT2D eigenvalue weighted by Gasteiger charge is 2.15. The molecule has 0 fully saturated rings. The first-order valence-electron chi connectivity index (χ1n) is 10.0. The minimum Gasteiger partial charge on any atom is -0.456 e. The summed E-state index contributed by atoms with van der Waals surface area (Å²) >= 11 is 0. The van der Waals surface area contributed by atoms with Crippen LogP contribution < -0.4 is 10.6 Å². The second kappa shape index (κ2) is 10.5. The molecule has 2 N–H and O–H groups in total. The summed E-state index contributed by atoms with van der Waals surface area (Å²) in [4.78, 5) is 35.9. The number of rotatable bonds is 8. The number of nitrogens with one attached hydrogen (secondary N) is 2. The normalized spacial score (nSPS) is 11.6. The monoisotopic (exact) mass is 440 g/mol. The van der Waals surface area contributed by atoms with Crippen LogP contribution in [-0.2, 0) is 14.3 Å². The van der Waals surface area contributed by atoms with E-state index in [4.69, 9.17) is 4.74 Å². The summed E-state index contributed by atoms with van der Waals surface area (Å²) in [6.07, 6.45) is -0.208. The number of hydrogen-bond donors (Lipinski definition) is 2. The predicted molar refractivity (Wildman–Crippen MR) is 115 cm³/mol. The van der Waals surface area contributed by atoms with Gasteiger partial charge in [-0.3, -0.25) is 14.4 Å². The molecule has 0 saturated carbocycles. The maximum atomic E-state index is 13.6. The van der Waals surface area contributed by atoms with Crippen molar-refractivity contribution in [2.75, 3.05) is 13.2 Å². The molecule has 0 spiro atoms. The molecule has 0 aliphatic heterocycles. The van der Waals surface area contributed by atoms with E-state index in [-0.39, 0.29) is 24.6 Å². The van der Waals surface area contributed by atoms with Gasteiger partial charge in [-0.15, -0.1) is 0 Å². The molecule has 0 aliphatic carbocycles. The van der Waals surface area contributed by atoms with Gasteiger partial charge in [-0.1, -0.05) is 42.5 Å². The van der Waals surface area contributed by atoms with Gasteiger partial charge in [-0.25, -0.2) is 8.78 Å². The summed E-state index contributed by atoms with van der Waals surface area (Å²) in [5.41, 5.74) is 0.611. The molecule has 2 amide bonds. The fourth-order valence-electron chi connectivity index (χ4n) is 3.25. The molecule has 0 aromatic heterocycles. The van der Waals surface area contributed by atoms with Crippen LogP contribution in [0, 0.1) is 11.6 Å². The summed E-state index contributed by atoms with van der Waals surface area (Å²) in [5, 5.41) is 7.21. The molecule has 0 radical (unpaired) electrons. The molecular weight excluding hydrogens is 418 g/mol. The van der Waals surface area contributed by atoms with E-state index in [2.05, 4.69) is 10.6 Å². The topological polar surface area (TPSA) is 84.5 Å². The third kappa shape index (κ3) is 5.87. The second-order valence-electron chi connectivity index (χ2n) is 7.15. The van der Waals surface area contributed by atoms with Crippen molar-refractivity contribution in [2.45, 2.75) is 19.4 Å². The molecule has 0 heterocycles. The van der Waals surface area contributed by atoms with Crippen LogP contribution >= 0.6 is 0 Å². The average Bonchev–Trinajstić information content (AvgIpc) is 2.77. The van der Waals surface area contributed by atoms with Crippen LogP contribution in [0.3, 0.4) is 0 Å². The van der Waals surface area contributed by atoms with Crippen LogP contribution in [0.1, 0.15) is 35.3 Å². The van der Waals surface area contributed by atoms with Crippen molar-refractivity contribution in [3.63, 3.8) is 0 Å². The van der Waals surface area contributed by atoms with Gasteiger partial charge in [-0.2, -0.15) is 0 Å². The molecule has 3 rings (SSSR count). The SMILES string of the molecule is CC(NC(=O)COC(=O)CCNC(=O)c1ccc(F)cc1F)c1cccc2ccccc12. The van der Waals surface area contributed by atoms with Crippen molar-refractivity contribution < 1.29 is 27.9 Å². The van der Waals surface area contributed by atoms with Gasteiger partial charge in [-0.05, 0) is 35.4 Å². The van der Waals surface area contributed by atoms with Crippen LogP contribution in [0.5, 0.6) is 0 Å². The van der Waals surface area contributed by atoms with Crippen molar-refractivity contribution in [3.8, 4) is 0 Å². The van der Waals surface area contributed by atoms with E-state index in [0.29, 0.717) is 6.07 Å². The molecule has 1 atom stereocenters. The zero-order valence-electron chi connectivity index (χ0n) is 17.4. The lowest BCUT2D eigenvalue weighted by molar-refractivity contribution is -0.148. The highest BCUT2D eigenvalue weighted by molar-refractivity contribution is 5.94. The summed E-state index contributed by atoms with van der Waals surface area (Å²) in [5.74, 6) is -3.73. The number of hydrogen-bond acceptors (Lipinski definition) is 4. The molecule has 3 aromatic rings. The van der Waals surface area contributed by atoms with Crippen molar-refractivity contribution in [3.05, 3.63) is 83.4 Å². The van der Waals surface area contributed by atoms with E-state index in [1.54, 1.807) is 0 Å². The van der Waals surface area contributed by atoms with E-state index in [9.17, 15) is 23.2 Å². The van der Waals surface area contributed by atoms with Crippen molar-refractivity contribution in [1.29, 1.82) is 0 Å². The van der Waals surface area contributed by atoms with Crippen molar-refractivity contribution in [1.82, 2.24) is 10.6 Å². The Morgan fingerprint density at radius 2 is 1.75 bits per heavy atom. The van der Waals surface area contributed by atoms with Gasteiger partial charge in [0, 0.05) is 12.6 Å². The minimum atomic E-state index is -0.998. The van der Waals surface area contributed by atoms with Gasteiger partial charge >= 0.3 is 5.97 Å². The Morgan fingerprint density at radius 3 is 2.53 bits per heavy atom. The highest BCUT2D eigenvalue weighted by atomic mass is 19.1. The number of esters is 1. The molecule has 0 aliphatic rings. The molecular formula is C24H22F2N2O4. The fraction of sp³-hybridized carbons (Fsp3) is 0.208. The Kier molecular flexibility index (Phi) is 7.49. The van der Waals surface area contributed by atoms with E-state index in [0.717, 1.165) is 28.5 Å². The van der Waals surface area contributed by atoms with Crippen LogP contribution in [0.2, 0.25) is 0 Å². The second-order valence-corrected chi connectivity index (χ2v) is 7.15. The number of halogens is 2. The first-order valence-corrected chi connectivity index (χ1v) is 10.0. The Morgan fingerprint density at radius 1 is 1.00 bits per heavy atom. The predicted octanol–water partition coefficient (Wildman–Crippen LogP) is 3.66. The lowest BCUT2D eigenvalue weighted by atomic mass is 10.00. The first-order chi connectivity index (χ1) is 15.3. The fourth-order valence-corrected chi connectivity index (χ4v) is 3.25. The Balaban J connectivity index is 1.42. The number of benzene rings is 3. The number of carbonyl (C=O) groups excluding carboxylic acids is 3. The maximum Gasteiger partial charge on any atom is 0.308 e. The quantitative estimate of drug-likeness (QED) is 0.524. The molecule has 3 aromatic carbocycles. The van der Waals surface area contributed by atoms with Gasteiger partial charge in [0.25, 0.3) is 11.8 Å². The number of amides is 2. The Hall–Kier alpha value is -3.81. The number of fused-ring (bicyclic) bond motifs is 1. The zero-order valence-corrected chi connectivity index (χ0v) is 17.4. The zero-order chi connectivity index (χ0) is 23.1. The van der Waals surface area contributed by atoms with Gasteiger partial charge in [0.1, 0.15) is 11.6 Å². The van der Waals surface area contributed by atoms with E-state index >= 15 is 0 Å². The molecule has 166 valence electrons. The smallest absolute Gasteiger partial charge is 0.308 e. The summed E-state index contributed by atoms with van der Waals surface area (Å²) in [6.45, 7) is 1.25. The lowest BCUT2D eigenvalue weighted by Crippen LogP contribution is -2.32. The minimum absolute atomic E-state index is 0.123. The molecule has 1 unspecified atom stereocenters. The third-order valence-electron chi connectivity index (χ3n) is 4.82. The molecule has 0 saturated heterocycles. The molecule has 6 nitrogen and oxygen atoms in total. The van der Waals surface area contributed by atoms with Crippen LogP contribution in [0.15, 0.2) is 60.7 Å². The van der Waals surface area contributed by atoms with E-state index in [1.165, 1.54) is 0 Å². The van der Waals surface area contributed by atoms with Crippen LogP contribution in [-0.4, -0.2) is 30.9 Å². The van der Waals surface area contributed by atoms with E-state index in [1.807, 2.05) is 49.4 Å². The van der Waals surface area contributed by atoms with Gasteiger partial charge < -0.3 is 15.4 Å². The van der Waals surface area contributed by atoms with Crippen LogP contribution in [0.25, 0.3) is 10.8 Å².